The molecule has 0 saturated carbocycles. The number of carbonyl (C=O) groups is 2. The molecule has 25 heavy (non-hydrogen) atoms. The second-order valence-electron chi connectivity index (χ2n) is 6.93. The van der Waals surface area contributed by atoms with Crippen LogP contribution in [0.5, 0.6) is 11.5 Å². The van der Waals surface area contributed by atoms with E-state index < -0.39 is 35.5 Å². The van der Waals surface area contributed by atoms with Gasteiger partial charge in [-0.3, -0.25) is 4.79 Å². The lowest BCUT2D eigenvalue weighted by molar-refractivity contribution is -0.155. The highest BCUT2D eigenvalue weighted by Gasteiger charge is 2.45. The second-order valence-corrected chi connectivity index (χ2v) is 6.93. The lowest BCUT2D eigenvalue weighted by Gasteiger charge is -2.22. The van der Waals surface area contributed by atoms with E-state index in [-0.39, 0.29) is 6.61 Å². The van der Waals surface area contributed by atoms with Gasteiger partial charge in [-0.2, -0.15) is 0 Å². The highest BCUT2D eigenvalue weighted by molar-refractivity contribution is 5.78. The number of methoxy groups -OCH3 is 2. The third-order valence-electron chi connectivity index (χ3n) is 4.03. The zero-order valence-corrected chi connectivity index (χ0v) is 15.1. The van der Waals surface area contributed by atoms with Gasteiger partial charge in [0.05, 0.1) is 25.6 Å². The molecule has 7 heteroatoms. The smallest absolute Gasteiger partial charge is 0.336 e. The number of esters is 2. The summed E-state index contributed by atoms with van der Waals surface area (Å²) in [6, 6.07) is 5.08. The highest BCUT2D eigenvalue weighted by Crippen LogP contribution is 2.39. The van der Waals surface area contributed by atoms with E-state index in [9.17, 15) is 14.7 Å². The Balaban J connectivity index is 2.23. The van der Waals surface area contributed by atoms with Crippen molar-refractivity contribution < 1.29 is 33.6 Å². The van der Waals surface area contributed by atoms with E-state index in [0.29, 0.717) is 17.1 Å². The number of aliphatic hydroxyl groups is 1. The summed E-state index contributed by atoms with van der Waals surface area (Å²) in [5.41, 5.74) is -0.0490. The van der Waals surface area contributed by atoms with Crippen molar-refractivity contribution >= 4 is 11.9 Å². The fourth-order valence-corrected chi connectivity index (χ4v) is 2.53. The average molecular weight is 352 g/mol. The predicted molar refractivity (Wildman–Crippen MR) is 88.3 cm³/mol. The van der Waals surface area contributed by atoms with Crippen molar-refractivity contribution in [2.75, 3.05) is 20.8 Å². The summed E-state index contributed by atoms with van der Waals surface area (Å²) in [6.45, 7) is 5.07. The number of ether oxygens (including phenoxy) is 4. The van der Waals surface area contributed by atoms with Crippen LogP contribution in [0.3, 0.4) is 0 Å². The molecule has 0 aromatic heterocycles. The van der Waals surface area contributed by atoms with Crippen LogP contribution in [0.15, 0.2) is 18.2 Å². The first-order chi connectivity index (χ1) is 11.7. The molecule has 1 fully saturated rings. The summed E-state index contributed by atoms with van der Waals surface area (Å²) in [4.78, 5) is 23.8. The Labute approximate surface area is 146 Å². The van der Waals surface area contributed by atoms with Crippen molar-refractivity contribution in [2.45, 2.75) is 33.0 Å². The molecule has 1 aromatic rings. The molecule has 1 aliphatic rings. The second kappa shape index (κ2) is 7.31. The summed E-state index contributed by atoms with van der Waals surface area (Å²) >= 11 is 0. The molecule has 1 aliphatic heterocycles. The summed E-state index contributed by atoms with van der Waals surface area (Å²) in [5.74, 6) is -0.840. The number of benzene rings is 1. The third-order valence-corrected chi connectivity index (χ3v) is 4.03. The molecule has 138 valence electrons. The van der Waals surface area contributed by atoms with Crippen LogP contribution in [-0.4, -0.2) is 44.0 Å². The van der Waals surface area contributed by atoms with Gasteiger partial charge < -0.3 is 24.1 Å². The monoisotopic (exact) mass is 352 g/mol. The largest absolute Gasteiger partial charge is 0.493 e. The molecule has 0 bridgehead atoms. The van der Waals surface area contributed by atoms with Crippen LogP contribution < -0.4 is 9.47 Å². The molecule has 7 nitrogen and oxygen atoms in total. The Hall–Kier alpha value is -2.28. The van der Waals surface area contributed by atoms with Gasteiger partial charge >= 0.3 is 11.9 Å². The van der Waals surface area contributed by atoms with Crippen LogP contribution in [0.1, 0.15) is 32.4 Å². The van der Waals surface area contributed by atoms with E-state index in [0.717, 1.165) is 0 Å². The van der Waals surface area contributed by atoms with Crippen LogP contribution in [0.2, 0.25) is 0 Å². The molecule has 0 spiro atoms. The Kier molecular flexibility index (Phi) is 5.57. The fourth-order valence-electron chi connectivity index (χ4n) is 2.53. The van der Waals surface area contributed by atoms with Gasteiger partial charge in [0.1, 0.15) is 12.7 Å². The van der Waals surface area contributed by atoms with Crippen LogP contribution in [0, 0.1) is 11.3 Å². The van der Waals surface area contributed by atoms with Gasteiger partial charge in [-0.1, -0.05) is 6.07 Å². The number of hydrogen-bond donors (Lipinski definition) is 1. The van der Waals surface area contributed by atoms with Crippen LogP contribution in [0.25, 0.3) is 0 Å². The average Bonchev–Trinajstić information content (AvgIpc) is 2.86. The molecule has 0 amide bonds. The fraction of sp³-hybridized carbons (Fsp3) is 0.556. The normalized spacial score (nSPS) is 23.1. The molecule has 0 radical (unpaired) electrons. The van der Waals surface area contributed by atoms with Gasteiger partial charge in [0, 0.05) is 0 Å². The molecular weight excluding hydrogens is 328 g/mol. The lowest BCUT2D eigenvalue weighted by Crippen LogP contribution is -2.31. The number of rotatable bonds is 5. The predicted octanol–water partition coefficient (Wildman–Crippen LogP) is 1.87. The molecule has 1 N–H and O–H groups in total. The first-order valence-corrected chi connectivity index (χ1v) is 7.96. The van der Waals surface area contributed by atoms with Crippen molar-refractivity contribution in [1.82, 2.24) is 0 Å². The molecule has 1 heterocycles. The van der Waals surface area contributed by atoms with Crippen molar-refractivity contribution in [1.29, 1.82) is 0 Å². The molecule has 0 unspecified atom stereocenters. The molecular formula is C18H24O7. The van der Waals surface area contributed by atoms with Crippen molar-refractivity contribution in [3.63, 3.8) is 0 Å². The number of carbonyl (C=O) groups excluding carboxylic acids is 2. The van der Waals surface area contributed by atoms with Crippen LogP contribution >= 0.6 is 0 Å². The molecule has 2 rings (SSSR count). The van der Waals surface area contributed by atoms with Crippen LogP contribution in [-0.2, 0) is 19.1 Å². The SMILES string of the molecule is COc1ccc([C@@H]2OC(=O)[C@@H](O)[C@@H]2COC(=O)C(C)(C)C)cc1OC. The van der Waals surface area contributed by atoms with Gasteiger partial charge in [0.15, 0.2) is 17.6 Å². The maximum absolute atomic E-state index is 12.0. The lowest BCUT2D eigenvalue weighted by atomic mass is 9.93. The quantitative estimate of drug-likeness (QED) is 0.809. The van der Waals surface area contributed by atoms with Crippen molar-refractivity contribution in [3.05, 3.63) is 23.8 Å². The Morgan fingerprint density at radius 2 is 1.84 bits per heavy atom. The molecule has 3 atom stereocenters. The zero-order chi connectivity index (χ0) is 18.8. The first kappa shape index (κ1) is 19.1. The van der Waals surface area contributed by atoms with Gasteiger partial charge in [-0.05, 0) is 38.5 Å². The van der Waals surface area contributed by atoms with Gasteiger partial charge in [-0.15, -0.1) is 0 Å². The number of hydrogen-bond acceptors (Lipinski definition) is 7. The Morgan fingerprint density at radius 1 is 1.20 bits per heavy atom. The first-order valence-electron chi connectivity index (χ1n) is 7.96. The van der Waals surface area contributed by atoms with E-state index in [1.807, 2.05) is 0 Å². The van der Waals surface area contributed by atoms with Gasteiger partial charge in [0.25, 0.3) is 0 Å². The minimum absolute atomic E-state index is 0.123. The van der Waals surface area contributed by atoms with Gasteiger partial charge in [-0.25, -0.2) is 4.79 Å². The van der Waals surface area contributed by atoms with Crippen LogP contribution in [0.4, 0.5) is 0 Å². The highest BCUT2D eigenvalue weighted by atomic mass is 16.6. The maximum Gasteiger partial charge on any atom is 0.336 e. The minimum Gasteiger partial charge on any atom is -0.493 e. The van der Waals surface area contributed by atoms with Crippen molar-refractivity contribution in [2.24, 2.45) is 11.3 Å². The molecule has 1 saturated heterocycles. The third kappa shape index (κ3) is 4.04. The Morgan fingerprint density at radius 3 is 2.40 bits per heavy atom. The van der Waals surface area contributed by atoms with E-state index in [1.54, 1.807) is 39.0 Å². The minimum atomic E-state index is -1.36. The summed E-state index contributed by atoms with van der Waals surface area (Å²) in [5, 5.41) is 10.1. The van der Waals surface area contributed by atoms with E-state index >= 15 is 0 Å². The zero-order valence-electron chi connectivity index (χ0n) is 15.1. The summed E-state index contributed by atoms with van der Waals surface area (Å²) in [7, 11) is 3.02. The topological polar surface area (TPSA) is 91.3 Å². The maximum atomic E-state index is 12.0. The van der Waals surface area contributed by atoms with E-state index in [4.69, 9.17) is 18.9 Å². The number of cyclic esters (lactones) is 1. The Bertz CT molecular complexity index is 647. The van der Waals surface area contributed by atoms with E-state index in [2.05, 4.69) is 0 Å². The van der Waals surface area contributed by atoms with E-state index in [1.165, 1.54) is 14.2 Å². The van der Waals surface area contributed by atoms with Gasteiger partial charge in [0.2, 0.25) is 0 Å². The summed E-state index contributed by atoms with van der Waals surface area (Å²) in [6.07, 6.45) is -2.10. The standard InChI is InChI=1S/C18H24O7/c1-18(2,3)17(21)24-9-11-14(19)16(20)25-15(11)10-6-7-12(22-4)13(8-10)23-5/h6-8,11,14-15,19H,9H2,1-5H3/t11-,14-,15-/m0/s1. The number of aliphatic hydroxyl groups excluding tert-OH is 1. The molecule has 1 aromatic carbocycles. The molecule has 0 aliphatic carbocycles. The van der Waals surface area contributed by atoms with Crippen molar-refractivity contribution in [3.8, 4) is 11.5 Å². The summed E-state index contributed by atoms with van der Waals surface area (Å²) < 4.78 is 21.0.